The van der Waals surface area contributed by atoms with E-state index in [2.05, 4.69) is 136 Å². The van der Waals surface area contributed by atoms with Crippen LogP contribution in [0.4, 0.5) is 0 Å². The molecule has 2 N–H and O–H groups in total. The smallest absolute Gasteiger partial charge is 0.0608 e. The van der Waals surface area contributed by atoms with Gasteiger partial charge in [0.15, 0.2) is 0 Å². The van der Waals surface area contributed by atoms with Gasteiger partial charge in [0.25, 0.3) is 0 Å². The fourth-order valence-corrected chi connectivity index (χ4v) is 6.25. The van der Waals surface area contributed by atoms with Crippen LogP contribution in [-0.2, 0) is 0 Å². The van der Waals surface area contributed by atoms with Gasteiger partial charge in [-0.1, -0.05) is 135 Å². The largest absolute Gasteiger partial charge is 0.393 e. The zero-order valence-corrected chi connectivity index (χ0v) is 28.4. The van der Waals surface area contributed by atoms with Gasteiger partial charge < -0.3 is 10.2 Å². The molecule has 0 unspecified atom stereocenters. The molecular weight excluding hydrogens is 512 g/mol. The third kappa shape index (κ3) is 12.1. The lowest BCUT2D eigenvalue weighted by molar-refractivity contribution is 0.0816. The van der Waals surface area contributed by atoms with E-state index in [0.29, 0.717) is 0 Å². The fraction of sp³-hybridized carbons (Fsp3) is 0.550. The van der Waals surface area contributed by atoms with E-state index in [-0.39, 0.29) is 29.0 Å². The van der Waals surface area contributed by atoms with Crippen molar-refractivity contribution in [3.05, 3.63) is 106 Å². The van der Waals surface area contributed by atoms with E-state index in [1.165, 1.54) is 39.0 Å². The summed E-state index contributed by atoms with van der Waals surface area (Å²) in [5.74, 6) is 0.254. The van der Waals surface area contributed by atoms with Gasteiger partial charge in [-0.05, 0) is 96.0 Å². The van der Waals surface area contributed by atoms with E-state index in [1.807, 2.05) is 0 Å². The van der Waals surface area contributed by atoms with E-state index >= 15 is 0 Å². The predicted molar refractivity (Wildman–Crippen MR) is 184 cm³/mol. The molecule has 232 valence electrons. The van der Waals surface area contributed by atoms with E-state index in [0.717, 1.165) is 44.9 Å². The first-order valence-corrected chi connectivity index (χ1v) is 16.1. The molecule has 0 amide bonds. The Labute approximate surface area is 258 Å². The van der Waals surface area contributed by atoms with Crippen molar-refractivity contribution in [2.45, 2.75) is 126 Å². The highest BCUT2D eigenvalue weighted by Crippen LogP contribution is 2.42. The quantitative estimate of drug-likeness (QED) is 0.180. The SMILES string of the molecule is CC1=C(/C=C/C(C)=C/CC/C(C)=C/C=C/C=C(C)/C=C/C=C(\C)CCC2=C[C@H](C)[C@H](O)CC2(C)C)C(C)(C)C[C@@H](O)C1. The molecule has 0 heterocycles. The van der Waals surface area contributed by atoms with Crippen molar-refractivity contribution < 1.29 is 10.2 Å². The molecule has 0 aromatic carbocycles. The first kappa shape index (κ1) is 35.8. The van der Waals surface area contributed by atoms with Gasteiger partial charge in [-0.25, -0.2) is 0 Å². The van der Waals surface area contributed by atoms with Crippen LogP contribution in [0.5, 0.6) is 0 Å². The molecule has 0 saturated carbocycles. The minimum atomic E-state index is -0.217. The van der Waals surface area contributed by atoms with Crippen molar-refractivity contribution in [2.75, 3.05) is 0 Å². The Morgan fingerprint density at radius 1 is 0.833 bits per heavy atom. The summed E-state index contributed by atoms with van der Waals surface area (Å²) in [5.41, 5.74) is 9.56. The zero-order chi connectivity index (χ0) is 31.5. The summed E-state index contributed by atoms with van der Waals surface area (Å²) in [5, 5.41) is 20.3. The van der Waals surface area contributed by atoms with Crippen LogP contribution in [-0.4, -0.2) is 22.4 Å². The zero-order valence-electron chi connectivity index (χ0n) is 28.4. The molecule has 0 aromatic heterocycles. The second-order valence-electron chi connectivity index (χ2n) is 14.3. The summed E-state index contributed by atoms with van der Waals surface area (Å²) in [4.78, 5) is 0. The fourth-order valence-electron chi connectivity index (χ4n) is 6.25. The maximum Gasteiger partial charge on any atom is 0.0608 e. The molecule has 0 aliphatic heterocycles. The minimum absolute atomic E-state index is 0.0259. The molecule has 2 aliphatic carbocycles. The Morgan fingerprint density at radius 2 is 1.48 bits per heavy atom. The van der Waals surface area contributed by atoms with Gasteiger partial charge in [-0.15, -0.1) is 0 Å². The number of hydrogen-bond donors (Lipinski definition) is 2. The Kier molecular flexibility index (Phi) is 14.0. The van der Waals surface area contributed by atoms with Gasteiger partial charge >= 0.3 is 0 Å². The van der Waals surface area contributed by atoms with Crippen molar-refractivity contribution in [1.82, 2.24) is 0 Å². The third-order valence-corrected chi connectivity index (χ3v) is 9.03. The summed E-state index contributed by atoms with van der Waals surface area (Å²) >= 11 is 0. The molecule has 0 radical (unpaired) electrons. The van der Waals surface area contributed by atoms with Crippen LogP contribution in [0, 0.1) is 16.7 Å². The van der Waals surface area contributed by atoms with E-state index < -0.39 is 0 Å². The molecular formula is C40H60O2. The Bertz CT molecular complexity index is 1190. The van der Waals surface area contributed by atoms with Crippen LogP contribution in [0.1, 0.15) is 114 Å². The maximum atomic E-state index is 10.2. The average molecular weight is 573 g/mol. The maximum absolute atomic E-state index is 10.2. The number of aliphatic hydroxyl groups is 2. The number of hydrogen-bond acceptors (Lipinski definition) is 2. The summed E-state index contributed by atoms with van der Waals surface area (Å²) in [6.07, 6.45) is 30.5. The van der Waals surface area contributed by atoms with Crippen LogP contribution in [0.25, 0.3) is 0 Å². The Morgan fingerprint density at radius 3 is 2.17 bits per heavy atom. The Balaban J connectivity index is 1.80. The van der Waals surface area contributed by atoms with Gasteiger partial charge in [-0.2, -0.15) is 0 Å². The van der Waals surface area contributed by atoms with Gasteiger partial charge in [0.2, 0.25) is 0 Å². The van der Waals surface area contributed by atoms with Crippen molar-refractivity contribution in [3.63, 3.8) is 0 Å². The van der Waals surface area contributed by atoms with Crippen LogP contribution in [0.3, 0.4) is 0 Å². The lowest BCUT2D eigenvalue weighted by atomic mass is 9.70. The molecule has 2 heteroatoms. The highest BCUT2D eigenvalue weighted by Gasteiger charge is 2.33. The molecule has 2 rings (SSSR count). The number of rotatable bonds is 12. The van der Waals surface area contributed by atoms with Crippen molar-refractivity contribution in [2.24, 2.45) is 16.7 Å². The van der Waals surface area contributed by atoms with Crippen molar-refractivity contribution in [1.29, 1.82) is 0 Å². The molecule has 42 heavy (non-hydrogen) atoms. The van der Waals surface area contributed by atoms with Crippen LogP contribution in [0.15, 0.2) is 106 Å². The van der Waals surface area contributed by atoms with Gasteiger partial charge in [-0.3, -0.25) is 0 Å². The summed E-state index contributed by atoms with van der Waals surface area (Å²) in [6, 6.07) is 0. The first-order chi connectivity index (χ1) is 19.6. The van der Waals surface area contributed by atoms with Gasteiger partial charge in [0.1, 0.15) is 0 Å². The highest BCUT2D eigenvalue weighted by molar-refractivity contribution is 5.36. The van der Waals surface area contributed by atoms with Crippen molar-refractivity contribution >= 4 is 0 Å². The monoisotopic (exact) mass is 572 g/mol. The minimum Gasteiger partial charge on any atom is -0.393 e. The molecule has 0 fully saturated rings. The van der Waals surface area contributed by atoms with Crippen molar-refractivity contribution in [3.8, 4) is 0 Å². The van der Waals surface area contributed by atoms with E-state index in [1.54, 1.807) is 0 Å². The van der Waals surface area contributed by atoms with Crippen LogP contribution >= 0.6 is 0 Å². The second-order valence-corrected chi connectivity index (χ2v) is 14.3. The standard InChI is InChI=1S/C40H60O2/c1-29(17-13-19-31(3)21-23-35-25-34(6)38(42)28-39(35,7)8)15-11-12-16-30(2)18-14-20-32(4)22-24-37-33(5)26-36(41)27-40(37,9)10/h11-13,15-17,19-20,22,24-25,34,36,38,41-42H,14,18,21,23,26-28H2,1-10H3/b12-11+,17-13+,24-22+,29-15+,30-16+,31-19+,32-20+/t34-,36-,38+/m0/s1. The third-order valence-electron chi connectivity index (χ3n) is 9.03. The van der Waals surface area contributed by atoms with Crippen LogP contribution in [0.2, 0.25) is 0 Å². The lowest BCUT2D eigenvalue weighted by Crippen LogP contribution is -2.32. The topological polar surface area (TPSA) is 40.5 Å². The van der Waals surface area contributed by atoms with E-state index in [4.69, 9.17) is 0 Å². The first-order valence-electron chi connectivity index (χ1n) is 16.1. The summed E-state index contributed by atoms with van der Waals surface area (Å²) in [6.45, 7) is 22.0. The molecule has 2 aliphatic rings. The summed E-state index contributed by atoms with van der Waals surface area (Å²) in [7, 11) is 0. The molecule has 0 bridgehead atoms. The molecule has 2 nitrogen and oxygen atoms in total. The molecule has 0 spiro atoms. The number of allylic oxidation sites excluding steroid dienone is 16. The second kappa shape index (κ2) is 16.4. The predicted octanol–water partition coefficient (Wildman–Crippen LogP) is 10.9. The summed E-state index contributed by atoms with van der Waals surface area (Å²) < 4.78 is 0. The molecule has 0 aromatic rings. The van der Waals surface area contributed by atoms with Gasteiger partial charge in [0.05, 0.1) is 12.2 Å². The average Bonchev–Trinajstić information content (AvgIpc) is 2.86. The normalized spacial score (nSPS) is 26.2. The number of aliphatic hydroxyl groups excluding tert-OH is 2. The Hall–Kier alpha value is -2.42. The molecule has 3 atom stereocenters. The van der Waals surface area contributed by atoms with E-state index in [9.17, 15) is 10.2 Å². The molecule has 0 saturated heterocycles. The highest BCUT2D eigenvalue weighted by atomic mass is 16.3. The van der Waals surface area contributed by atoms with Crippen LogP contribution < -0.4 is 0 Å². The van der Waals surface area contributed by atoms with Gasteiger partial charge in [0, 0.05) is 5.92 Å². The lowest BCUT2D eigenvalue weighted by Gasteiger charge is -2.37.